The summed E-state index contributed by atoms with van der Waals surface area (Å²) in [5, 5.41) is 2.65. The Hall–Kier alpha value is -2.04. The highest BCUT2D eigenvalue weighted by atomic mass is 16.6. The highest BCUT2D eigenvalue weighted by Crippen LogP contribution is 2.19. The zero-order valence-electron chi connectivity index (χ0n) is 13.2. The minimum Gasteiger partial charge on any atom is -0.496 e. The number of methoxy groups -OCH3 is 1. The highest BCUT2D eigenvalue weighted by Gasteiger charge is 2.20. The van der Waals surface area contributed by atoms with Gasteiger partial charge in [-0.25, -0.2) is 4.79 Å². The third-order valence-corrected chi connectivity index (χ3v) is 2.66. The summed E-state index contributed by atoms with van der Waals surface area (Å²) >= 11 is 0. The van der Waals surface area contributed by atoms with E-state index in [1.807, 2.05) is 0 Å². The van der Waals surface area contributed by atoms with Gasteiger partial charge < -0.3 is 14.8 Å². The second-order valence-electron chi connectivity index (χ2n) is 5.87. The Labute approximate surface area is 125 Å². The fourth-order valence-electron chi connectivity index (χ4n) is 1.82. The predicted octanol–water partition coefficient (Wildman–Crippen LogP) is 3.18. The first-order valence-corrected chi connectivity index (χ1v) is 6.88. The first-order chi connectivity index (χ1) is 9.73. The van der Waals surface area contributed by atoms with Crippen LogP contribution in [0, 0.1) is 0 Å². The normalized spacial score (nSPS) is 12.4. The smallest absolute Gasteiger partial charge is 0.407 e. The van der Waals surface area contributed by atoms with Gasteiger partial charge in [0.05, 0.1) is 12.7 Å². The van der Waals surface area contributed by atoms with Crippen molar-refractivity contribution >= 4 is 11.9 Å². The molecule has 0 aliphatic carbocycles. The molecule has 1 aromatic rings. The third-order valence-electron chi connectivity index (χ3n) is 2.66. The summed E-state index contributed by atoms with van der Waals surface area (Å²) in [6.07, 6.45) is -0.345. The van der Waals surface area contributed by atoms with Gasteiger partial charge in [-0.2, -0.15) is 0 Å². The number of alkyl carbamates (subject to hydrolysis) is 1. The summed E-state index contributed by atoms with van der Waals surface area (Å²) in [6, 6.07) is 6.71. The Morgan fingerprint density at radius 1 is 1.24 bits per heavy atom. The Kier molecular flexibility index (Phi) is 5.76. The minimum absolute atomic E-state index is 0.0870. The van der Waals surface area contributed by atoms with Gasteiger partial charge in [0, 0.05) is 12.5 Å². The molecule has 1 amide bonds. The SMILES string of the molecule is COc1ccccc1C(=O)CC(C)NC(=O)OC(C)(C)C. The molecule has 0 aliphatic heterocycles. The number of rotatable bonds is 5. The van der Waals surface area contributed by atoms with Crippen molar-refractivity contribution in [3.63, 3.8) is 0 Å². The molecule has 0 aromatic heterocycles. The molecule has 1 N–H and O–H groups in total. The Balaban J connectivity index is 2.60. The predicted molar refractivity (Wildman–Crippen MR) is 80.8 cm³/mol. The van der Waals surface area contributed by atoms with Crippen LogP contribution in [0.5, 0.6) is 5.75 Å². The van der Waals surface area contributed by atoms with E-state index in [0.717, 1.165) is 0 Å². The average molecular weight is 293 g/mol. The summed E-state index contributed by atoms with van der Waals surface area (Å²) in [4.78, 5) is 23.9. The number of carbonyl (C=O) groups excluding carboxylic acids is 2. The molecule has 0 bridgehead atoms. The molecule has 0 saturated heterocycles. The molecule has 0 saturated carbocycles. The number of nitrogens with one attached hydrogen (secondary N) is 1. The summed E-state index contributed by atoms with van der Waals surface area (Å²) in [7, 11) is 1.52. The van der Waals surface area contributed by atoms with Crippen molar-refractivity contribution in [1.29, 1.82) is 0 Å². The maximum atomic E-state index is 12.2. The van der Waals surface area contributed by atoms with Crippen molar-refractivity contribution in [2.24, 2.45) is 0 Å². The van der Waals surface area contributed by atoms with E-state index in [1.54, 1.807) is 52.0 Å². The maximum absolute atomic E-state index is 12.2. The standard InChI is InChI=1S/C16H23NO4/c1-11(17-15(19)21-16(2,3)4)10-13(18)12-8-6-7-9-14(12)20-5/h6-9,11H,10H2,1-5H3,(H,17,19). The molecule has 0 fully saturated rings. The lowest BCUT2D eigenvalue weighted by molar-refractivity contribution is 0.0506. The highest BCUT2D eigenvalue weighted by molar-refractivity contribution is 5.99. The number of para-hydroxylation sites is 1. The Morgan fingerprint density at radius 3 is 2.43 bits per heavy atom. The molecular weight excluding hydrogens is 270 g/mol. The number of amides is 1. The number of ketones is 1. The third kappa shape index (κ3) is 5.85. The van der Waals surface area contributed by atoms with E-state index in [1.165, 1.54) is 7.11 Å². The van der Waals surface area contributed by atoms with Gasteiger partial charge in [0.2, 0.25) is 0 Å². The number of hydrogen-bond donors (Lipinski definition) is 1. The van der Waals surface area contributed by atoms with Gasteiger partial charge in [0.15, 0.2) is 5.78 Å². The molecule has 5 nitrogen and oxygen atoms in total. The summed E-state index contributed by atoms with van der Waals surface area (Å²) in [6.45, 7) is 7.13. The van der Waals surface area contributed by atoms with Gasteiger partial charge >= 0.3 is 6.09 Å². The number of benzene rings is 1. The van der Waals surface area contributed by atoms with Crippen LogP contribution in [0.2, 0.25) is 0 Å². The quantitative estimate of drug-likeness (QED) is 0.847. The lowest BCUT2D eigenvalue weighted by Crippen LogP contribution is -2.38. The molecule has 5 heteroatoms. The topological polar surface area (TPSA) is 64.6 Å². The Morgan fingerprint density at radius 2 is 1.86 bits per heavy atom. The van der Waals surface area contributed by atoms with Crippen LogP contribution in [-0.2, 0) is 4.74 Å². The van der Waals surface area contributed by atoms with E-state index < -0.39 is 11.7 Å². The lowest BCUT2D eigenvalue weighted by atomic mass is 10.0. The van der Waals surface area contributed by atoms with Gasteiger partial charge in [-0.1, -0.05) is 12.1 Å². The van der Waals surface area contributed by atoms with Crippen molar-refractivity contribution in [2.75, 3.05) is 7.11 Å². The van der Waals surface area contributed by atoms with E-state index >= 15 is 0 Å². The van der Waals surface area contributed by atoms with Crippen molar-refractivity contribution in [2.45, 2.75) is 45.8 Å². The molecule has 0 heterocycles. The molecular formula is C16H23NO4. The molecule has 0 spiro atoms. The maximum Gasteiger partial charge on any atom is 0.407 e. The van der Waals surface area contributed by atoms with E-state index in [4.69, 9.17) is 9.47 Å². The lowest BCUT2D eigenvalue weighted by Gasteiger charge is -2.21. The van der Waals surface area contributed by atoms with E-state index in [0.29, 0.717) is 11.3 Å². The first kappa shape index (κ1) is 17.0. The molecule has 0 radical (unpaired) electrons. The van der Waals surface area contributed by atoms with E-state index in [2.05, 4.69) is 5.32 Å². The van der Waals surface area contributed by atoms with Crippen molar-refractivity contribution in [1.82, 2.24) is 5.32 Å². The molecule has 1 atom stereocenters. The summed E-state index contributed by atoms with van der Waals surface area (Å²) < 4.78 is 10.3. The fourth-order valence-corrected chi connectivity index (χ4v) is 1.82. The number of Topliss-reactive ketones (excluding diaryl/α,β-unsaturated/α-hetero) is 1. The first-order valence-electron chi connectivity index (χ1n) is 6.88. The fraction of sp³-hybridized carbons (Fsp3) is 0.500. The van der Waals surface area contributed by atoms with Gasteiger partial charge in [-0.05, 0) is 39.8 Å². The zero-order chi connectivity index (χ0) is 16.0. The Bertz CT molecular complexity index is 505. The van der Waals surface area contributed by atoms with Crippen molar-refractivity contribution < 1.29 is 19.1 Å². The van der Waals surface area contributed by atoms with Gasteiger partial charge in [0.25, 0.3) is 0 Å². The van der Waals surface area contributed by atoms with Crippen LogP contribution in [0.25, 0.3) is 0 Å². The van der Waals surface area contributed by atoms with Gasteiger partial charge in [0.1, 0.15) is 11.4 Å². The second kappa shape index (κ2) is 7.11. The van der Waals surface area contributed by atoms with Gasteiger partial charge in [-0.3, -0.25) is 4.79 Å². The number of hydrogen-bond acceptors (Lipinski definition) is 4. The van der Waals surface area contributed by atoms with Crippen LogP contribution in [0.3, 0.4) is 0 Å². The minimum atomic E-state index is -0.559. The average Bonchev–Trinajstić information content (AvgIpc) is 2.35. The number of ether oxygens (including phenoxy) is 2. The van der Waals surface area contributed by atoms with Crippen LogP contribution in [0.15, 0.2) is 24.3 Å². The molecule has 116 valence electrons. The molecule has 1 rings (SSSR count). The zero-order valence-corrected chi connectivity index (χ0v) is 13.2. The summed E-state index contributed by atoms with van der Waals surface area (Å²) in [5.74, 6) is 0.447. The van der Waals surface area contributed by atoms with Crippen LogP contribution >= 0.6 is 0 Å². The monoisotopic (exact) mass is 293 g/mol. The molecule has 1 unspecified atom stereocenters. The van der Waals surface area contributed by atoms with Crippen molar-refractivity contribution in [3.8, 4) is 5.75 Å². The number of carbonyl (C=O) groups is 2. The van der Waals surface area contributed by atoms with Crippen LogP contribution < -0.4 is 10.1 Å². The molecule has 21 heavy (non-hydrogen) atoms. The van der Waals surface area contributed by atoms with Crippen LogP contribution in [0.4, 0.5) is 4.79 Å². The van der Waals surface area contributed by atoms with Gasteiger partial charge in [-0.15, -0.1) is 0 Å². The molecule has 1 aromatic carbocycles. The van der Waals surface area contributed by atoms with Crippen LogP contribution in [-0.4, -0.2) is 30.6 Å². The van der Waals surface area contributed by atoms with E-state index in [9.17, 15) is 9.59 Å². The van der Waals surface area contributed by atoms with Crippen molar-refractivity contribution in [3.05, 3.63) is 29.8 Å². The largest absolute Gasteiger partial charge is 0.496 e. The van der Waals surface area contributed by atoms with Crippen LogP contribution in [0.1, 0.15) is 44.5 Å². The summed E-state index contributed by atoms with van der Waals surface area (Å²) in [5.41, 5.74) is -0.0472. The molecule has 0 aliphatic rings. The second-order valence-corrected chi connectivity index (χ2v) is 5.87. The van der Waals surface area contributed by atoms with E-state index in [-0.39, 0.29) is 18.2 Å².